The van der Waals surface area contributed by atoms with E-state index in [0.717, 1.165) is 42.5 Å². The summed E-state index contributed by atoms with van der Waals surface area (Å²) in [5.74, 6) is -0.00851. The number of nitrogens with one attached hydrogen (secondary N) is 2. The molecular weight excluding hydrogens is 348 g/mol. The average Bonchev–Trinajstić information content (AvgIpc) is 3.15. The maximum Gasteiger partial charge on any atom is 0.235 e. The molecule has 0 spiro atoms. The van der Waals surface area contributed by atoms with Crippen LogP contribution in [0.2, 0.25) is 5.02 Å². The molecule has 1 aliphatic rings. The van der Waals surface area contributed by atoms with Crippen molar-refractivity contribution >= 4 is 29.1 Å². The average molecular weight is 371 g/mol. The highest BCUT2D eigenvalue weighted by atomic mass is 35.5. The summed E-state index contributed by atoms with van der Waals surface area (Å²) < 4.78 is 0. The van der Waals surface area contributed by atoms with Crippen molar-refractivity contribution in [1.82, 2.24) is 5.32 Å². The number of carbonyl (C=O) groups excluding carboxylic acids is 2. The van der Waals surface area contributed by atoms with Crippen molar-refractivity contribution in [2.75, 3.05) is 12.4 Å². The SMILES string of the molecule is CNC(=O)Cc1ccc(NC(=O)C2(c3ccc(Cl)cc3)CCCC2)cc1. The minimum Gasteiger partial charge on any atom is -0.359 e. The molecule has 2 aromatic rings. The molecule has 1 saturated carbocycles. The fraction of sp³-hybridized carbons (Fsp3) is 0.333. The van der Waals surface area contributed by atoms with Crippen LogP contribution >= 0.6 is 11.6 Å². The van der Waals surface area contributed by atoms with Crippen molar-refractivity contribution < 1.29 is 9.59 Å². The maximum atomic E-state index is 13.1. The summed E-state index contributed by atoms with van der Waals surface area (Å²) in [7, 11) is 1.62. The summed E-state index contributed by atoms with van der Waals surface area (Å²) in [6.07, 6.45) is 4.10. The Morgan fingerprint density at radius 1 is 1.00 bits per heavy atom. The number of benzene rings is 2. The summed E-state index contributed by atoms with van der Waals surface area (Å²) in [4.78, 5) is 24.6. The number of anilines is 1. The second-order valence-corrected chi connectivity index (χ2v) is 7.23. The van der Waals surface area contributed by atoms with Gasteiger partial charge in [-0.15, -0.1) is 0 Å². The van der Waals surface area contributed by atoms with E-state index in [0.29, 0.717) is 11.4 Å². The van der Waals surface area contributed by atoms with Crippen molar-refractivity contribution in [3.8, 4) is 0 Å². The Kier molecular flexibility index (Phi) is 5.62. The zero-order valence-corrected chi connectivity index (χ0v) is 15.6. The Morgan fingerprint density at radius 3 is 2.19 bits per heavy atom. The van der Waals surface area contributed by atoms with E-state index < -0.39 is 5.41 Å². The molecule has 0 bridgehead atoms. The minimum absolute atomic E-state index is 0.0244. The van der Waals surface area contributed by atoms with Crippen LogP contribution < -0.4 is 10.6 Å². The van der Waals surface area contributed by atoms with Crippen LogP contribution in [0.1, 0.15) is 36.8 Å². The van der Waals surface area contributed by atoms with Crippen LogP contribution in [0.15, 0.2) is 48.5 Å². The molecule has 26 heavy (non-hydrogen) atoms. The molecule has 0 radical (unpaired) electrons. The fourth-order valence-electron chi connectivity index (χ4n) is 3.62. The van der Waals surface area contributed by atoms with E-state index in [2.05, 4.69) is 10.6 Å². The largest absolute Gasteiger partial charge is 0.359 e. The zero-order valence-electron chi connectivity index (χ0n) is 14.8. The standard InChI is InChI=1S/C21H23ClN2O2/c1-23-19(25)14-15-4-10-18(11-5-15)24-20(26)21(12-2-3-13-21)16-6-8-17(22)9-7-16/h4-11H,2-3,12-14H2,1H3,(H,23,25)(H,24,26). The van der Waals surface area contributed by atoms with E-state index >= 15 is 0 Å². The van der Waals surface area contributed by atoms with Gasteiger partial charge < -0.3 is 10.6 Å². The van der Waals surface area contributed by atoms with Gasteiger partial charge in [0.25, 0.3) is 0 Å². The molecule has 2 aromatic carbocycles. The lowest BCUT2D eigenvalue weighted by atomic mass is 9.78. The Hall–Kier alpha value is -2.33. The third-order valence-corrected chi connectivity index (χ3v) is 5.40. The van der Waals surface area contributed by atoms with E-state index in [1.165, 1.54) is 0 Å². The zero-order chi connectivity index (χ0) is 18.6. The van der Waals surface area contributed by atoms with E-state index in [-0.39, 0.29) is 11.8 Å². The fourth-order valence-corrected chi connectivity index (χ4v) is 3.75. The summed E-state index contributed by atoms with van der Waals surface area (Å²) in [5, 5.41) is 6.34. The Balaban J connectivity index is 1.76. The van der Waals surface area contributed by atoms with Crippen molar-refractivity contribution in [2.24, 2.45) is 0 Å². The van der Waals surface area contributed by atoms with E-state index in [1.54, 1.807) is 7.05 Å². The number of likely N-dealkylation sites (N-methyl/N-ethyl adjacent to an activating group) is 1. The van der Waals surface area contributed by atoms with E-state index in [4.69, 9.17) is 11.6 Å². The number of hydrogen-bond donors (Lipinski definition) is 2. The Morgan fingerprint density at radius 2 is 1.62 bits per heavy atom. The van der Waals surface area contributed by atoms with Gasteiger partial charge in [0.15, 0.2) is 0 Å². The first-order valence-corrected chi connectivity index (χ1v) is 9.28. The third-order valence-electron chi connectivity index (χ3n) is 5.14. The quantitative estimate of drug-likeness (QED) is 0.833. The topological polar surface area (TPSA) is 58.2 Å². The van der Waals surface area contributed by atoms with Crippen LogP contribution in [0.25, 0.3) is 0 Å². The van der Waals surface area contributed by atoms with Crippen LogP contribution in [0.4, 0.5) is 5.69 Å². The molecule has 0 atom stereocenters. The Labute approximate surface area is 158 Å². The molecule has 136 valence electrons. The first-order chi connectivity index (χ1) is 12.5. The van der Waals surface area contributed by atoms with Crippen molar-refractivity contribution in [2.45, 2.75) is 37.5 Å². The third kappa shape index (κ3) is 3.91. The number of carbonyl (C=O) groups is 2. The van der Waals surface area contributed by atoms with E-state index in [9.17, 15) is 9.59 Å². The van der Waals surface area contributed by atoms with Gasteiger partial charge in [-0.25, -0.2) is 0 Å². The first-order valence-electron chi connectivity index (χ1n) is 8.90. The van der Waals surface area contributed by atoms with Gasteiger partial charge in [0, 0.05) is 17.8 Å². The molecule has 2 N–H and O–H groups in total. The van der Waals surface area contributed by atoms with Gasteiger partial charge in [0.1, 0.15) is 0 Å². The molecule has 1 fully saturated rings. The van der Waals surface area contributed by atoms with Gasteiger partial charge in [-0.2, -0.15) is 0 Å². The maximum absolute atomic E-state index is 13.1. The normalized spacial score (nSPS) is 15.5. The first kappa shape index (κ1) is 18.5. The second kappa shape index (κ2) is 7.92. The molecule has 0 aliphatic heterocycles. The summed E-state index contributed by atoms with van der Waals surface area (Å²) in [5.41, 5.74) is 2.19. The molecule has 3 rings (SSSR count). The molecule has 5 heteroatoms. The van der Waals surface area contributed by atoms with Crippen LogP contribution in [0.3, 0.4) is 0 Å². The number of rotatable bonds is 5. The highest BCUT2D eigenvalue weighted by Gasteiger charge is 2.42. The molecule has 0 heterocycles. The van der Waals surface area contributed by atoms with Gasteiger partial charge in [0.05, 0.1) is 11.8 Å². The highest BCUT2D eigenvalue weighted by Crippen LogP contribution is 2.42. The minimum atomic E-state index is -0.495. The number of halogens is 1. The predicted octanol–water partition coefficient (Wildman–Crippen LogP) is 4.08. The van der Waals surface area contributed by atoms with Gasteiger partial charge in [-0.05, 0) is 48.2 Å². The van der Waals surface area contributed by atoms with Gasteiger partial charge in [0.2, 0.25) is 11.8 Å². The lowest BCUT2D eigenvalue weighted by molar-refractivity contribution is -0.121. The van der Waals surface area contributed by atoms with E-state index in [1.807, 2.05) is 48.5 Å². The molecule has 0 unspecified atom stereocenters. The van der Waals surface area contributed by atoms with Gasteiger partial charge in [-0.1, -0.05) is 48.7 Å². The van der Waals surface area contributed by atoms with Crippen molar-refractivity contribution in [3.63, 3.8) is 0 Å². The van der Waals surface area contributed by atoms with Crippen LogP contribution in [0, 0.1) is 0 Å². The number of hydrogen-bond acceptors (Lipinski definition) is 2. The van der Waals surface area contributed by atoms with Crippen molar-refractivity contribution in [1.29, 1.82) is 0 Å². The molecule has 1 aliphatic carbocycles. The predicted molar refractivity (Wildman–Crippen MR) is 104 cm³/mol. The molecule has 2 amide bonds. The monoisotopic (exact) mass is 370 g/mol. The summed E-state index contributed by atoms with van der Waals surface area (Å²) in [6, 6.07) is 15.0. The van der Waals surface area contributed by atoms with Crippen LogP contribution in [-0.2, 0) is 21.4 Å². The highest BCUT2D eigenvalue weighted by molar-refractivity contribution is 6.30. The van der Waals surface area contributed by atoms with Crippen LogP contribution in [0.5, 0.6) is 0 Å². The van der Waals surface area contributed by atoms with Crippen molar-refractivity contribution in [3.05, 3.63) is 64.7 Å². The van der Waals surface area contributed by atoms with Crippen LogP contribution in [-0.4, -0.2) is 18.9 Å². The van der Waals surface area contributed by atoms with Gasteiger partial charge >= 0.3 is 0 Å². The molecule has 0 saturated heterocycles. The molecule has 0 aromatic heterocycles. The lowest BCUT2D eigenvalue weighted by Crippen LogP contribution is -2.37. The smallest absolute Gasteiger partial charge is 0.235 e. The second-order valence-electron chi connectivity index (χ2n) is 6.80. The summed E-state index contributed by atoms with van der Waals surface area (Å²) >= 11 is 6.01. The summed E-state index contributed by atoms with van der Waals surface area (Å²) in [6.45, 7) is 0. The molecule has 4 nitrogen and oxygen atoms in total. The number of amides is 2. The Bertz CT molecular complexity index is 779. The lowest BCUT2D eigenvalue weighted by Gasteiger charge is -2.28. The molecular formula is C21H23ClN2O2. The van der Waals surface area contributed by atoms with Gasteiger partial charge in [-0.3, -0.25) is 9.59 Å².